The molecule has 2 heterocycles. The highest BCUT2D eigenvalue weighted by Gasteiger charge is 2.22. The van der Waals surface area contributed by atoms with Crippen LogP contribution in [0.15, 0.2) is 36.5 Å². The molecule has 0 bridgehead atoms. The van der Waals surface area contributed by atoms with Crippen LogP contribution in [-0.4, -0.2) is 45.2 Å². The third-order valence-corrected chi connectivity index (χ3v) is 3.71. The van der Waals surface area contributed by atoms with Crippen molar-refractivity contribution in [1.82, 2.24) is 14.6 Å². The van der Waals surface area contributed by atoms with E-state index in [1.165, 1.54) is 42.1 Å². The van der Waals surface area contributed by atoms with Gasteiger partial charge in [-0.05, 0) is 13.0 Å². The van der Waals surface area contributed by atoms with Crippen LogP contribution in [0.5, 0.6) is 0 Å². The number of non-ortho nitro benzene ring substituents is 1. The second-order valence-corrected chi connectivity index (χ2v) is 5.34. The number of hydrogen-bond acceptors (Lipinski definition) is 8. The number of carbonyl (C=O) groups is 2. The number of nitrogens with zero attached hydrogens (tertiary/aromatic N) is 4. The quantitative estimate of drug-likeness (QED) is 0.380. The van der Waals surface area contributed by atoms with Crippen LogP contribution >= 0.6 is 0 Å². The highest BCUT2D eigenvalue weighted by molar-refractivity contribution is 5.97. The zero-order valence-corrected chi connectivity index (χ0v) is 14.4. The number of aromatic nitrogens is 3. The van der Waals surface area contributed by atoms with Gasteiger partial charge in [-0.3, -0.25) is 10.1 Å². The van der Waals surface area contributed by atoms with Gasteiger partial charge in [0.25, 0.3) is 5.69 Å². The minimum atomic E-state index is -0.701. The van der Waals surface area contributed by atoms with Crippen molar-refractivity contribution in [3.8, 4) is 11.3 Å². The Kier molecular flexibility index (Phi) is 4.79. The van der Waals surface area contributed by atoms with E-state index in [-0.39, 0.29) is 34.9 Å². The standard InChI is InChI=1S/C17H14N4O6/c1-3-27-16(22)12-9-18-20-14(17(23)26-2)8-13(19-15(12)20)10-5-4-6-11(7-10)21(24)25/h4-9H,3H2,1-2H3. The van der Waals surface area contributed by atoms with Crippen molar-refractivity contribution in [2.45, 2.75) is 6.92 Å². The molecule has 0 aliphatic carbocycles. The van der Waals surface area contributed by atoms with Crippen LogP contribution in [0.25, 0.3) is 16.9 Å². The molecule has 0 aliphatic heterocycles. The summed E-state index contributed by atoms with van der Waals surface area (Å²) < 4.78 is 10.9. The average molecular weight is 370 g/mol. The zero-order valence-electron chi connectivity index (χ0n) is 14.4. The van der Waals surface area contributed by atoms with Crippen LogP contribution in [-0.2, 0) is 9.47 Å². The number of carbonyl (C=O) groups excluding carboxylic acids is 2. The van der Waals surface area contributed by atoms with Gasteiger partial charge in [0.05, 0.1) is 30.5 Å². The number of hydrogen-bond donors (Lipinski definition) is 0. The van der Waals surface area contributed by atoms with Crippen LogP contribution in [0.1, 0.15) is 27.8 Å². The number of benzene rings is 1. The summed E-state index contributed by atoms with van der Waals surface area (Å²) in [5.74, 6) is -1.35. The molecule has 138 valence electrons. The fourth-order valence-electron chi connectivity index (χ4n) is 2.49. The van der Waals surface area contributed by atoms with Crippen LogP contribution in [0.4, 0.5) is 5.69 Å². The van der Waals surface area contributed by atoms with Crippen molar-refractivity contribution < 1.29 is 24.0 Å². The maximum absolute atomic E-state index is 12.2. The Labute approximate surface area is 152 Å². The SMILES string of the molecule is CCOC(=O)c1cnn2c(C(=O)OC)cc(-c3cccc([N+](=O)[O-])c3)nc12. The Hall–Kier alpha value is -3.82. The molecule has 2 aromatic heterocycles. The van der Waals surface area contributed by atoms with E-state index < -0.39 is 16.9 Å². The molecule has 0 aliphatic rings. The first-order valence-corrected chi connectivity index (χ1v) is 7.85. The fraction of sp³-hybridized carbons (Fsp3) is 0.176. The molecule has 10 nitrogen and oxygen atoms in total. The lowest BCUT2D eigenvalue weighted by molar-refractivity contribution is -0.384. The summed E-state index contributed by atoms with van der Waals surface area (Å²) in [7, 11) is 1.21. The molecule has 0 saturated heterocycles. The van der Waals surface area contributed by atoms with Crippen LogP contribution in [0, 0.1) is 10.1 Å². The van der Waals surface area contributed by atoms with Crippen LogP contribution in [0.2, 0.25) is 0 Å². The molecule has 0 radical (unpaired) electrons. The third-order valence-electron chi connectivity index (χ3n) is 3.71. The first-order valence-electron chi connectivity index (χ1n) is 7.85. The average Bonchev–Trinajstić information content (AvgIpc) is 3.11. The van der Waals surface area contributed by atoms with Gasteiger partial charge in [0.1, 0.15) is 5.56 Å². The number of esters is 2. The van der Waals surface area contributed by atoms with E-state index in [9.17, 15) is 19.7 Å². The van der Waals surface area contributed by atoms with Gasteiger partial charge in [0.2, 0.25) is 0 Å². The van der Waals surface area contributed by atoms with E-state index in [1.807, 2.05) is 0 Å². The lowest BCUT2D eigenvalue weighted by atomic mass is 10.1. The first-order chi connectivity index (χ1) is 13.0. The molecule has 27 heavy (non-hydrogen) atoms. The molecule has 0 spiro atoms. The number of rotatable bonds is 5. The van der Waals surface area contributed by atoms with E-state index in [1.54, 1.807) is 13.0 Å². The van der Waals surface area contributed by atoms with E-state index >= 15 is 0 Å². The molecule has 3 aromatic rings. The molecule has 1 aromatic carbocycles. The number of nitro benzene ring substituents is 1. The molecule has 3 rings (SSSR count). The Bertz CT molecular complexity index is 1060. The van der Waals surface area contributed by atoms with E-state index in [2.05, 4.69) is 10.1 Å². The number of fused-ring (bicyclic) bond motifs is 1. The van der Waals surface area contributed by atoms with Gasteiger partial charge in [0, 0.05) is 17.7 Å². The van der Waals surface area contributed by atoms with E-state index in [0.29, 0.717) is 5.56 Å². The zero-order chi connectivity index (χ0) is 19.6. The summed E-state index contributed by atoms with van der Waals surface area (Å²) in [6.45, 7) is 1.82. The maximum Gasteiger partial charge on any atom is 0.356 e. The number of nitro groups is 1. The summed E-state index contributed by atoms with van der Waals surface area (Å²) in [5, 5.41) is 15.0. The topological polar surface area (TPSA) is 126 Å². The largest absolute Gasteiger partial charge is 0.464 e. The van der Waals surface area contributed by atoms with Gasteiger partial charge in [-0.2, -0.15) is 5.10 Å². The van der Waals surface area contributed by atoms with E-state index in [0.717, 1.165) is 0 Å². The second-order valence-electron chi connectivity index (χ2n) is 5.34. The molecule has 10 heteroatoms. The summed E-state index contributed by atoms with van der Waals surface area (Å²) in [6, 6.07) is 7.15. The molecule has 0 saturated carbocycles. The summed E-state index contributed by atoms with van der Waals surface area (Å²) in [5.41, 5.74) is 0.671. The monoisotopic (exact) mass is 370 g/mol. The van der Waals surface area contributed by atoms with Crippen molar-refractivity contribution in [2.24, 2.45) is 0 Å². The van der Waals surface area contributed by atoms with E-state index in [4.69, 9.17) is 9.47 Å². The third kappa shape index (κ3) is 3.32. The minimum absolute atomic E-state index is 0.0135. The predicted octanol–water partition coefficient (Wildman–Crippen LogP) is 2.27. The van der Waals surface area contributed by atoms with Gasteiger partial charge in [0.15, 0.2) is 11.3 Å². The van der Waals surface area contributed by atoms with Gasteiger partial charge in [-0.15, -0.1) is 0 Å². The molecule has 0 N–H and O–H groups in total. The van der Waals surface area contributed by atoms with Crippen molar-refractivity contribution in [1.29, 1.82) is 0 Å². The Morgan fingerprint density at radius 3 is 2.70 bits per heavy atom. The lowest BCUT2D eigenvalue weighted by Gasteiger charge is -2.08. The smallest absolute Gasteiger partial charge is 0.356 e. The van der Waals surface area contributed by atoms with Crippen molar-refractivity contribution in [3.63, 3.8) is 0 Å². The lowest BCUT2D eigenvalue weighted by Crippen LogP contribution is -2.12. The highest BCUT2D eigenvalue weighted by atomic mass is 16.6. The molecular weight excluding hydrogens is 356 g/mol. The molecule has 0 unspecified atom stereocenters. The molecular formula is C17H14N4O6. The summed E-state index contributed by atoms with van der Waals surface area (Å²) in [4.78, 5) is 39.1. The van der Waals surface area contributed by atoms with Gasteiger partial charge < -0.3 is 9.47 Å². The van der Waals surface area contributed by atoms with Gasteiger partial charge in [-0.1, -0.05) is 12.1 Å². The Morgan fingerprint density at radius 2 is 2.04 bits per heavy atom. The number of ether oxygens (including phenoxy) is 2. The Balaban J connectivity index is 2.25. The fourth-order valence-corrected chi connectivity index (χ4v) is 2.49. The molecule has 0 atom stereocenters. The minimum Gasteiger partial charge on any atom is -0.464 e. The molecule has 0 amide bonds. The number of methoxy groups -OCH3 is 1. The van der Waals surface area contributed by atoms with Gasteiger partial charge >= 0.3 is 11.9 Å². The molecule has 0 fully saturated rings. The van der Waals surface area contributed by atoms with Crippen molar-refractivity contribution in [2.75, 3.05) is 13.7 Å². The Morgan fingerprint density at radius 1 is 1.26 bits per heavy atom. The van der Waals surface area contributed by atoms with Crippen molar-refractivity contribution >= 4 is 23.3 Å². The normalized spacial score (nSPS) is 10.6. The summed E-state index contributed by atoms with van der Waals surface area (Å²) in [6.07, 6.45) is 1.24. The van der Waals surface area contributed by atoms with Crippen LogP contribution in [0.3, 0.4) is 0 Å². The maximum atomic E-state index is 12.2. The summed E-state index contributed by atoms with van der Waals surface area (Å²) >= 11 is 0. The van der Waals surface area contributed by atoms with Gasteiger partial charge in [-0.25, -0.2) is 19.1 Å². The van der Waals surface area contributed by atoms with Crippen LogP contribution < -0.4 is 0 Å². The predicted molar refractivity (Wildman–Crippen MR) is 92.4 cm³/mol. The highest BCUT2D eigenvalue weighted by Crippen LogP contribution is 2.25. The van der Waals surface area contributed by atoms with Crippen molar-refractivity contribution in [3.05, 3.63) is 57.9 Å². The first kappa shape index (κ1) is 18.0. The second kappa shape index (κ2) is 7.20.